The fourth-order valence-electron chi connectivity index (χ4n) is 4.55. The van der Waals surface area contributed by atoms with E-state index in [0.29, 0.717) is 68.7 Å². The highest BCUT2D eigenvalue weighted by molar-refractivity contribution is 5.97. The third-order valence-corrected chi connectivity index (χ3v) is 6.86. The maximum atomic E-state index is 12.8. The minimum absolute atomic E-state index is 0.0384. The number of ketones is 1. The van der Waals surface area contributed by atoms with E-state index in [-0.39, 0.29) is 5.78 Å². The molecule has 1 aromatic carbocycles. The first kappa shape index (κ1) is 37.2. The number of ether oxygens (including phenoxy) is 3. The number of hydrogen-bond donors (Lipinski definition) is 0. The largest absolute Gasteiger partial charge is 0.490 e. The number of Topliss-reactive ketones (excluding diaryl/α,β-unsaturated/α-hetero) is 1. The van der Waals surface area contributed by atoms with Crippen LogP contribution in [0.5, 0.6) is 17.2 Å². The van der Waals surface area contributed by atoms with Gasteiger partial charge in [0.2, 0.25) is 5.75 Å². The van der Waals surface area contributed by atoms with Crippen LogP contribution in [0.15, 0.2) is 21.4 Å². The quantitative estimate of drug-likeness (QED) is 0.0304. The fourth-order valence-corrected chi connectivity index (χ4v) is 4.55. The van der Waals surface area contributed by atoms with Crippen LogP contribution in [0.25, 0.3) is 31.3 Å². The second-order valence-electron chi connectivity index (χ2n) is 10.4. The maximum Gasteiger partial charge on any atom is 0.203 e. The van der Waals surface area contributed by atoms with Gasteiger partial charge >= 0.3 is 0 Å². The zero-order valence-corrected chi connectivity index (χ0v) is 26.1. The SMILES string of the molecule is CCCCc1c(C(C)=O)cc(OCCCCCCN=[N+]=[N-])c(OCCCCCCN=[N+]=[N-])c1OCCCCCCN=[N+]=[N-]. The summed E-state index contributed by atoms with van der Waals surface area (Å²) in [6, 6.07) is 1.81. The summed E-state index contributed by atoms with van der Waals surface area (Å²) in [5.74, 6) is 1.63. The lowest BCUT2D eigenvalue weighted by atomic mass is 9.97. The van der Waals surface area contributed by atoms with Crippen LogP contribution in [0.4, 0.5) is 0 Å². The topological polar surface area (TPSA) is 191 Å². The highest BCUT2D eigenvalue weighted by Crippen LogP contribution is 2.44. The molecular formula is C30H49N9O4. The van der Waals surface area contributed by atoms with Crippen LogP contribution < -0.4 is 14.2 Å². The fraction of sp³-hybridized carbons (Fsp3) is 0.767. The number of carbonyl (C=O) groups excluding carboxylic acids is 1. The van der Waals surface area contributed by atoms with Crippen molar-refractivity contribution in [3.63, 3.8) is 0 Å². The molecule has 0 radical (unpaired) electrons. The van der Waals surface area contributed by atoms with Crippen molar-refractivity contribution in [2.24, 2.45) is 15.3 Å². The van der Waals surface area contributed by atoms with Crippen molar-refractivity contribution in [1.82, 2.24) is 0 Å². The Labute approximate surface area is 255 Å². The molecule has 0 spiro atoms. The van der Waals surface area contributed by atoms with E-state index >= 15 is 0 Å². The Morgan fingerprint density at radius 3 is 1.53 bits per heavy atom. The van der Waals surface area contributed by atoms with E-state index in [9.17, 15) is 4.79 Å². The Bertz CT molecular complexity index is 1080. The van der Waals surface area contributed by atoms with Crippen molar-refractivity contribution in [3.05, 3.63) is 48.5 Å². The molecule has 0 saturated carbocycles. The minimum atomic E-state index is -0.0384. The van der Waals surface area contributed by atoms with Crippen LogP contribution in [0.3, 0.4) is 0 Å². The lowest BCUT2D eigenvalue weighted by Crippen LogP contribution is -2.12. The Morgan fingerprint density at radius 1 is 0.651 bits per heavy atom. The monoisotopic (exact) mass is 599 g/mol. The summed E-state index contributed by atoms with van der Waals surface area (Å²) in [7, 11) is 0. The third-order valence-electron chi connectivity index (χ3n) is 6.86. The summed E-state index contributed by atoms with van der Waals surface area (Å²) in [4.78, 5) is 21.2. The first-order valence-corrected chi connectivity index (χ1v) is 15.7. The molecule has 0 fully saturated rings. The van der Waals surface area contributed by atoms with Crippen LogP contribution in [0.1, 0.15) is 120 Å². The normalized spacial score (nSPS) is 10.3. The summed E-state index contributed by atoms with van der Waals surface area (Å²) in [5, 5.41) is 10.8. The van der Waals surface area contributed by atoms with Crippen LogP contribution in [0, 0.1) is 0 Å². The van der Waals surface area contributed by atoms with Crippen molar-refractivity contribution < 1.29 is 19.0 Å². The molecule has 0 N–H and O–H groups in total. The van der Waals surface area contributed by atoms with E-state index in [1.165, 1.54) is 0 Å². The number of rotatable bonds is 28. The molecule has 0 bridgehead atoms. The zero-order chi connectivity index (χ0) is 31.4. The van der Waals surface area contributed by atoms with E-state index in [1.54, 1.807) is 6.92 Å². The summed E-state index contributed by atoms with van der Waals surface area (Å²) in [5.41, 5.74) is 26.8. The Morgan fingerprint density at radius 2 is 1.09 bits per heavy atom. The Hall–Kier alpha value is -3.78. The molecule has 13 heteroatoms. The molecule has 0 aliphatic carbocycles. The zero-order valence-electron chi connectivity index (χ0n) is 26.1. The predicted octanol–water partition coefficient (Wildman–Crippen LogP) is 9.98. The van der Waals surface area contributed by atoms with E-state index in [0.717, 1.165) is 95.5 Å². The van der Waals surface area contributed by atoms with Crippen molar-refractivity contribution >= 4 is 5.78 Å². The lowest BCUT2D eigenvalue weighted by molar-refractivity contribution is 0.101. The van der Waals surface area contributed by atoms with Crippen molar-refractivity contribution in [2.45, 2.75) is 110 Å². The van der Waals surface area contributed by atoms with Gasteiger partial charge in [-0.1, -0.05) is 67.2 Å². The number of azide groups is 3. The van der Waals surface area contributed by atoms with Crippen LogP contribution >= 0.6 is 0 Å². The smallest absolute Gasteiger partial charge is 0.203 e. The van der Waals surface area contributed by atoms with Gasteiger partial charge in [-0.2, -0.15) is 0 Å². The van der Waals surface area contributed by atoms with E-state index in [4.69, 9.17) is 30.8 Å². The summed E-state index contributed by atoms with van der Waals surface area (Å²) in [6.45, 7) is 6.59. The second kappa shape index (κ2) is 25.9. The number of nitrogens with zero attached hydrogens (tertiary/aromatic N) is 9. The summed E-state index contributed by atoms with van der Waals surface area (Å²) in [6.07, 6.45) is 13.2. The van der Waals surface area contributed by atoms with Gasteiger partial charge in [0.25, 0.3) is 0 Å². The highest BCUT2D eigenvalue weighted by atomic mass is 16.5. The number of unbranched alkanes of at least 4 members (excludes halogenated alkanes) is 10. The highest BCUT2D eigenvalue weighted by Gasteiger charge is 2.24. The van der Waals surface area contributed by atoms with Gasteiger partial charge in [-0.3, -0.25) is 4.79 Å². The molecule has 0 heterocycles. The second-order valence-corrected chi connectivity index (χ2v) is 10.4. The molecule has 0 aliphatic rings. The molecular weight excluding hydrogens is 550 g/mol. The molecule has 1 rings (SSSR count). The molecule has 0 unspecified atom stereocenters. The van der Waals surface area contributed by atoms with Gasteiger partial charge in [0.05, 0.1) is 19.8 Å². The molecule has 238 valence electrons. The molecule has 0 atom stereocenters. The minimum Gasteiger partial charge on any atom is -0.490 e. The summed E-state index contributed by atoms with van der Waals surface area (Å²) < 4.78 is 19.0. The number of hydrogen-bond acceptors (Lipinski definition) is 7. The van der Waals surface area contributed by atoms with Gasteiger partial charge in [0.15, 0.2) is 17.3 Å². The molecule has 0 saturated heterocycles. The van der Waals surface area contributed by atoms with Gasteiger partial charge in [-0.25, -0.2) is 0 Å². The standard InChI is InChI=1S/C30H49N9O4/c1-3-4-17-26-27(25(2)40)24-28(41-21-14-8-5-11-18-34-37-31)30(43-23-16-10-7-13-20-36-39-33)29(26)42-22-15-9-6-12-19-35-38-32/h24H,3-23H2,1-2H3. The molecule has 43 heavy (non-hydrogen) atoms. The molecule has 13 nitrogen and oxygen atoms in total. The van der Waals surface area contributed by atoms with Crippen molar-refractivity contribution in [1.29, 1.82) is 0 Å². The molecule has 0 aromatic heterocycles. The van der Waals surface area contributed by atoms with E-state index in [2.05, 4.69) is 37.0 Å². The van der Waals surface area contributed by atoms with Gasteiger partial charge in [0.1, 0.15) is 0 Å². The Kier molecular flexibility index (Phi) is 22.4. The van der Waals surface area contributed by atoms with E-state index < -0.39 is 0 Å². The number of benzene rings is 1. The first-order chi connectivity index (χ1) is 21.1. The first-order valence-electron chi connectivity index (χ1n) is 15.7. The average Bonchev–Trinajstić information content (AvgIpc) is 3.00. The van der Waals surface area contributed by atoms with Crippen molar-refractivity contribution in [3.8, 4) is 17.2 Å². The van der Waals surface area contributed by atoms with E-state index in [1.807, 2.05) is 6.07 Å². The van der Waals surface area contributed by atoms with Gasteiger partial charge in [0, 0.05) is 45.5 Å². The van der Waals surface area contributed by atoms with Gasteiger partial charge in [-0.05, 0) is 81.0 Å². The molecule has 0 aliphatic heterocycles. The Balaban J connectivity index is 3.11. The van der Waals surface area contributed by atoms with Crippen molar-refractivity contribution in [2.75, 3.05) is 39.5 Å². The third kappa shape index (κ3) is 17.1. The lowest BCUT2D eigenvalue weighted by Gasteiger charge is -2.22. The van der Waals surface area contributed by atoms with Crippen LogP contribution in [-0.4, -0.2) is 45.2 Å². The molecule has 0 amide bonds. The summed E-state index contributed by atoms with van der Waals surface area (Å²) >= 11 is 0. The predicted molar refractivity (Wildman–Crippen MR) is 169 cm³/mol. The van der Waals surface area contributed by atoms with Gasteiger partial charge < -0.3 is 14.2 Å². The van der Waals surface area contributed by atoms with Crippen LogP contribution in [-0.2, 0) is 6.42 Å². The number of carbonyl (C=O) groups is 1. The van der Waals surface area contributed by atoms with Crippen LogP contribution in [0.2, 0.25) is 0 Å². The average molecular weight is 600 g/mol. The maximum absolute atomic E-state index is 12.8. The van der Waals surface area contributed by atoms with Gasteiger partial charge in [-0.15, -0.1) is 0 Å². The molecule has 1 aromatic rings.